The van der Waals surface area contributed by atoms with Crippen molar-refractivity contribution < 1.29 is 25.3 Å². The first kappa shape index (κ1) is 28.1. The zero-order chi connectivity index (χ0) is 28.4. The molecule has 0 aromatic heterocycles. The van der Waals surface area contributed by atoms with E-state index in [0.717, 1.165) is 0 Å². The SMILES string of the molecule is Cc1c(NS(=O)(=O)c2ccccc2)c(C)c(NS(=O)(=O)c2ccccc2)c(C)c1NS(=O)(=O)c1ccccc1. The van der Waals surface area contributed by atoms with Gasteiger partial charge < -0.3 is 0 Å². The fourth-order valence-electron chi connectivity index (χ4n) is 4.06. The minimum atomic E-state index is -4.10. The van der Waals surface area contributed by atoms with Crippen LogP contribution in [-0.4, -0.2) is 25.3 Å². The molecule has 4 aromatic carbocycles. The summed E-state index contributed by atoms with van der Waals surface area (Å²) in [6, 6.07) is 23.0. The van der Waals surface area contributed by atoms with Gasteiger partial charge in [-0.1, -0.05) is 54.6 Å². The van der Waals surface area contributed by atoms with Gasteiger partial charge in [-0.2, -0.15) is 0 Å². The predicted octanol–water partition coefficient (Wildman–Crippen LogP) is 5.01. The third kappa shape index (κ3) is 5.92. The molecule has 4 aromatic rings. The summed E-state index contributed by atoms with van der Waals surface area (Å²) in [6.07, 6.45) is 0. The smallest absolute Gasteiger partial charge is 0.261 e. The fraction of sp³-hybridized carbons (Fsp3) is 0.111. The van der Waals surface area contributed by atoms with Crippen LogP contribution in [0.25, 0.3) is 0 Å². The molecule has 0 fully saturated rings. The molecule has 0 aliphatic rings. The molecule has 0 heterocycles. The average Bonchev–Trinajstić information content (AvgIpc) is 2.93. The van der Waals surface area contributed by atoms with Crippen molar-refractivity contribution in [3.05, 3.63) is 108 Å². The molecule has 0 saturated heterocycles. The van der Waals surface area contributed by atoms with Gasteiger partial charge in [0.25, 0.3) is 30.1 Å². The Morgan fingerprint density at radius 1 is 0.385 bits per heavy atom. The maximum Gasteiger partial charge on any atom is 0.261 e. The summed E-state index contributed by atoms with van der Waals surface area (Å²) >= 11 is 0. The van der Waals surface area contributed by atoms with E-state index in [1.54, 1.807) is 75.4 Å². The van der Waals surface area contributed by atoms with Crippen LogP contribution in [0.3, 0.4) is 0 Å². The van der Waals surface area contributed by atoms with Gasteiger partial charge in [-0.3, -0.25) is 14.2 Å². The van der Waals surface area contributed by atoms with Crippen molar-refractivity contribution in [2.75, 3.05) is 14.2 Å². The van der Waals surface area contributed by atoms with Gasteiger partial charge in [0.05, 0.1) is 31.7 Å². The van der Waals surface area contributed by atoms with E-state index in [1.807, 2.05) is 0 Å². The van der Waals surface area contributed by atoms with Crippen LogP contribution in [0.2, 0.25) is 0 Å². The second-order valence-corrected chi connectivity index (χ2v) is 13.8. The summed E-state index contributed by atoms with van der Waals surface area (Å²) < 4.78 is 87.0. The zero-order valence-electron chi connectivity index (χ0n) is 21.3. The molecule has 0 aliphatic heterocycles. The average molecular weight is 586 g/mol. The van der Waals surface area contributed by atoms with Gasteiger partial charge in [0.2, 0.25) is 0 Å². The largest absolute Gasteiger partial charge is 0.279 e. The summed E-state index contributed by atoms with van der Waals surface area (Å²) in [5.74, 6) is 0. The molecule has 9 nitrogen and oxygen atoms in total. The second-order valence-electron chi connectivity index (χ2n) is 8.76. The van der Waals surface area contributed by atoms with Crippen molar-refractivity contribution in [2.24, 2.45) is 0 Å². The van der Waals surface area contributed by atoms with E-state index in [4.69, 9.17) is 0 Å². The third-order valence-electron chi connectivity index (χ3n) is 6.12. The predicted molar refractivity (Wildman–Crippen MR) is 152 cm³/mol. The van der Waals surface area contributed by atoms with E-state index < -0.39 is 30.1 Å². The standard InChI is InChI=1S/C27H27N3O6S3/c1-19-25(28-37(31,32)22-13-7-4-8-14-22)20(2)27(30-39(35,36)24-17-11-6-12-18-24)21(3)26(19)29-38(33,34)23-15-9-5-10-16-23/h4-18,28-30H,1-3H3. The van der Waals surface area contributed by atoms with E-state index >= 15 is 0 Å². The van der Waals surface area contributed by atoms with Crippen LogP contribution in [0, 0.1) is 20.8 Å². The molecule has 0 radical (unpaired) electrons. The van der Waals surface area contributed by atoms with Gasteiger partial charge in [-0.15, -0.1) is 0 Å². The van der Waals surface area contributed by atoms with Crippen molar-refractivity contribution >= 4 is 47.1 Å². The lowest BCUT2D eigenvalue weighted by Crippen LogP contribution is -2.21. The van der Waals surface area contributed by atoms with Gasteiger partial charge in [0.1, 0.15) is 0 Å². The Hall–Kier alpha value is -3.87. The minimum Gasteiger partial charge on any atom is -0.279 e. The quantitative estimate of drug-likeness (QED) is 0.252. The summed E-state index contributed by atoms with van der Waals surface area (Å²) in [6.45, 7) is 4.67. The van der Waals surface area contributed by atoms with Crippen molar-refractivity contribution in [3.8, 4) is 0 Å². The van der Waals surface area contributed by atoms with Crippen LogP contribution >= 0.6 is 0 Å². The first-order valence-electron chi connectivity index (χ1n) is 11.7. The fourth-order valence-corrected chi connectivity index (χ4v) is 7.68. The Labute approximate surface area is 229 Å². The molecule has 204 valence electrons. The molecule has 0 unspecified atom stereocenters. The summed E-state index contributed by atoms with van der Waals surface area (Å²) in [4.78, 5) is -0.0355. The lowest BCUT2D eigenvalue weighted by Gasteiger charge is -2.24. The molecular weight excluding hydrogens is 559 g/mol. The van der Waals surface area contributed by atoms with Gasteiger partial charge in [0, 0.05) is 0 Å². The van der Waals surface area contributed by atoms with Crippen LogP contribution in [-0.2, 0) is 30.1 Å². The van der Waals surface area contributed by atoms with Crippen LogP contribution in [0.5, 0.6) is 0 Å². The monoisotopic (exact) mass is 585 g/mol. The maximum absolute atomic E-state index is 13.2. The molecule has 3 N–H and O–H groups in total. The van der Waals surface area contributed by atoms with Gasteiger partial charge in [-0.05, 0) is 73.9 Å². The highest BCUT2D eigenvalue weighted by atomic mass is 32.2. The van der Waals surface area contributed by atoms with Gasteiger partial charge >= 0.3 is 0 Å². The number of hydrogen-bond acceptors (Lipinski definition) is 6. The van der Waals surface area contributed by atoms with Crippen LogP contribution in [0.15, 0.2) is 106 Å². The van der Waals surface area contributed by atoms with Crippen LogP contribution in [0.1, 0.15) is 16.7 Å². The Morgan fingerprint density at radius 2 is 0.590 bits per heavy atom. The molecule has 0 aliphatic carbocycles. The Morgan fingerprint density at radius 3 is 0.795 bits per heavy atom. The Balaban J connectivity index is 1.91. The van der Waals surface area contributed by atoms with Crippen molar-refractivity contribution in [2.45, 2.75) is 35.5 Å². The molecule has 0 bridgehead atoms. The van der Waals surface area contributed by atoms with Gasteiger partial charge in [0.15, 0.2) is 0 Å². The van der Waals surface area contributed by atoms with Crippen LogP contribution in [0.4, 0.5) is 17.1 Å². The van der Waals surface area contributed by atoms with E-state index in [2.05, 4.69) is 14.2 Å². The highest BCUT2D eigenvalue weighted by Gasteiger charge is 2.27. The molecule has 4 rings (SSSR count). The van der Waals surface area contributed by atoms with Crippen LogP contribution < -0.4 is 14.2 Å². The second kappa shape index (κ2) is 10.7. The number of benzene rings is 4. The zero-order valence-corrected chi connectivity index (χ0v) is 23.8. The first-order chi connectivity index (χ1) is 18.3. The normalized spacial score (nSPS) is 12.1. The number of rotatable bonds is 9. The highest BCUT2D eigenvalue weighted by molar-refractivity contribution is 7.93. The minimum absolute atomic E-state index is 0.0118. The lowest BCUT2D eigenvalue weighted by molar-refractivity contribution is 0.599. The summed E-state index contributed by atoms with van der Waals surface area (Å²) in [5, 5.41) is 0. The number of hydrogen-bond donors (Lipinski definition) is 3. The number of sulfonamides is 3. The molecular formula is C27H27N3O6S3. The molecule has 0 atom stereocenters. The number of nitrogens with one attached hydrogen (secondary N) is 3. The van der Waals surface area contributed by atoms with Crippen molar-refractivity contribution in [1.29, 1.82) is 0 Å². The molecule has 0 spiro atoms. The van der Waals surface area contributed by atoms with E-state index in [0.29, 0.717) is 0 Å². The van der Waals surface area contributed by atoms with Gasteiger partial charge in [-0.25, -0.2) is 25.3 Å². The highest BCUT2D eigenvalue weighted by Crippen LogP contribution is 2.41. The molecule has 0 amide bonds. The summed E-state index contributed by atoms with van der Waals surface area (Å²) in [7, 11) is -12.3. The Bertz CT molecular complexity index is 1590. The first-order valence-corrected chi connectivity index (χ1v) is 16.2. The topological polar surface area (TPSA) is 139 Å². The lowest BCUT2D eigenvalue weighted by atomic mass is 10.0. The molecule has 0 saturated carbocycles. The van der Waals surface area contributed by atoms with E-state index in [-0.39, 0.29) is 48.4 Å². The molecule has 12 heteroatoms. The maximum atomic E-state index is 13.2. The van der Waals surface area contributed by atoms with E-state index in [9.17, 15) is 25.3 Å². The summed E-state index contributed by atoms with van der Waals surface area (Å²) in [5.41, 5.74) is 0.938. The van der Waals surface area contributed by atoms with E-state index in [1.165, 1.54) is 36.4 Å². The van der Waals surface area contributed by atoms with Crippen molar-refractivity contribution in [3.63, 3.8) is 0 Å². The Kier molecular flexibility index (Phi) is 7.73. The van der Waals surface area contributed by atoms with Crippen molar-refractivity contribution in [1.82, 2.24) is 0 Å². The third-order valence-corrected chi connectivity index (χ3v) is 10.2. The molecule has 39 heavy (non-hydrogen) atoms. The number of anilines is 3.